The molecule has 3 saturated heterocycles. The van der Waals surface area contributed by atoms with Gasteiger partial charge < -0.3 is 19.3 Å². The Balaban J connectivity index is 1.97. The second kappa shape index (κ2) is 7.64. The molecule has 3 heterocycles. The molecular formula is C22H32O6. The summed E-state index contributed by atoms with van der Waals surface area (Å²) >= 11 is 0. The van der Waals surface area contributed by atoms with Gasteiger partial charge in [-0.15, -0.1) is 0 Å². The fourth-order valence-electron chi connectivity index (χ4n) is 4.72. The number of hydrogen-bond donors (Lipinski definition) is 1. The molecule has 0 aromatic rings. The molecule has 6 unspecified atom stereocenters. The van der Waals surface area contributed by atoms with E-state index in [1.165, 1.54) is 6.92 Å². The number of hydrogen-bond acceptors (Lipinski definition) is 6. The third kappa shape index (κ3) is 4.18. The number of fused-ring (bicyclic) bond motifs is 5. The van der Waals surface area contributed by atoms with E-state index in [4.69, 9.17) is 14.2 Å². The summed E-state index contributed by atoms with van der Waals surface area (Å²) in [6.07, 6.45) is 2.78. The van der Waals surface area contributed by atoms with Crippen LogP contribution in [0.3, 0.4) is 0 Å². The van der Waals surface area contributed by atoms with Crippen LogP contribution >= 0.6 is 0 Å². The Labute approximate surface area is 166 Å². The topological polar surface area (TPSA) is 82.1 Å². The van der Waals surface area contributed by atoms with E-state index in [0.29, 0.717) is 43.3 Å². The van der Waals surface area contributed by atoms with E-state index in [9.17, 15) is 14.7 Å². The van der Waals surface area contributed by atoms with Crippen molar-refractivity contribution in [2.45, 2.75) is 95.2 Å². The summed E-state index contributed by atoms with van der Waals surface area (Å²) in [5.41, 5.74) is -0.318. The van der Waals surface area contributed by atoms with E-state index in [1.807, 2.05) is 13.8 Å². The maximum atomic E-state index is 12.7. The molecule has 0 aromatic heterocycles. The summed E-state index contributed by atoms with van der Waals surface area (Å²) in [6, 6.07) is 0. The summed E-state index contributed by atoms with van der Waals surface area (Å²) in [5.74, 6) is -1.10. The Morgan fingerprint density at radius 2 is 1.86 bits per heavy atom. The van der Waals surface area contributed by atoms with Crippen LogP contribution in [0.5, 0.6) is 0 Å². The van der Waals surface area contributed by atoms with Gasteiger partial charge in [0.1, 0.15) is 11.7 Å². The summed E-state index contributed by atoms with van der Waals surface area (Å²) < 4.78 is 17.7. The van der Waals surface area contributed by atoms with Crippen molar-refractivity contribution < 1.29 is 28.9 Å². The van der Waals surface area contributed by atoms with Crippen LogP contribution in [0.15, 0.2) is 24.3 Å². The molecule has 0 spiro atoms. The molecule has 6 heteroatoms. The zero-order chi connectivity index (χ0) is 20.7. The first-order valence-electron chi connectivity index (χ1n) is 10.2. The lowest BCUT2D eigenvalue weighted by Crippen LogP contribution is -2.46. The van der Waals surface area contributed by atoms with Crippen molar-refractivity contribution >= 4 is 11.9 Å². The summed E-state index contributed by atoms with van der Waals surface area (Å²) in [4.78, 5) is 24.4. The third-order valence-corrected chi connectivity index (χ3v) is 6.71. The number of esters is 2. The van der Waals surface area contributed by atoms with Crippen molar-refractivity contribution in [3.8, 4) is 0 Å². The van der Waals surface area contributed by atoms with E-state index >= 15 is 0 Å². The minimum atomic E-state index is -0.940. The first-order valence-corrected chi connectivity index (χ1v) is 10.2. The van der Waals surface area contributed by atoms with Gasteiger partial charge in [0.05, 0.1) is 17.8 Å². The van der Waals surface area contributed by atoms with Crippen molar-refractivity contribution in [3.63, 3.8) is 0 Å². The molecule has 0 aliphatic carbocycles. The zero-order valence-electron chi connectivity index (χ0n) is 17.2. The van der Waals surface area contributed by atoms with Crippen LogP contribution < -0.4 is 0 Å². The Kier molecular flexibility index (Phi) is 5.74. The highest BCUT2D eigenvalue weighted by Crippen LogP contribution is 2.43. The van der Waals surface area contributed by atoms with Gasteiger partial charge in [-0.05, 0) is 70.3 Å². The molecule has 28 heavy (non-hydrogen) atoms. The predicted octanol–water partition coefficient (Wildman–Crippen LogP) is 3.22. The smallest absolute Gasteiger partial charge is 0.334 e. The Bertz CT molecular complexity index is 685. The Morgan fingerprint density at radius 3 is 2.54 bits per heavy atom. The maximum Gasteiger partial charge on any atom is 0.334 e. The number of aliphatic hydroxyl groups excluding tert-OH is 1. The number of ether oxygens (including phenoxy) is 3. The van der Waals surface area contributed by atoms with Crippen molar-refractivity contribution in [1.82, 2.24) is 0 Å². The molecule has 0 amide bonds. The highest BCUT2D eigenvalue weighted by atomic mass is 16.6. The first kappa shape index (κ1) is 21.1. The molecule has 3 fully saturated rings. The highest BCUT2D eigenvalue weighted by molar-refractivity contribution is 5.89. The van der Waals surface area contributed by atoms with Crippen LogP contribution in [0.4, 0.5) is 0 Å². The van der Waals surface area contributed by atoms with Gasteiger partial charge in [-0.3, -0.25) is 4.79 Å². The van der Waals surface area contributed by atoms with Gasteiger partial charge in [-0.2, -0.15) is 0 Å². The zero-order valence-corrected chi connectivity index (χ0v) is 17.2. The van der Waals surface area contributed by atoms with Crippen LogP contribution in [0, 0.1) is 5.92 Å². The van der Waals surface area contributed by atoms with Gasteiger partial charge in [0.15, 0.2) is 0 Å². The van der Waals surface area contributed by atoms with Gasteiger partial charge in [-0.1, -0.05) is 13.2 Å². The molecule has 0 saturated carbocycles. The van der Waals surface area contributed by atoms with Gasteiger partial charge in [0.2, 0.25) is 0 Å². The highest BCUT2D eigenvalue weighted by Gasteiger charge is 2.47. The fraction of sp³-hybridized carbons (Fsp3) is 0.727. The number of aliphatic hydroxyl groups is 1. The van der Waals surface area contributed by atoms with E-state index in [1.54, 1.807) is 0 Å². The molecule has 4 bridgehead atoms. The molecular weight excluding hydrogens is 360 g/mol. The van der Waals surface area contributed by atoms with Crippen molar-refractivity contribution in [3.05, 3.63) is 24.3 Å². The van der Waals surface area contributed by atoms with Crippen LogP contribution in [0.2, 0.25) is 0 Å². The van der Waals surface area contributed by atoms with Crippen molar-refractivity contribution in [2.75, 3.05) is 0 Å². The van der Waals surface area contributed by atoms with Gasteiger partial charge >= 0.3 is 11.9 Å². The average molecular weight is 392 g/mol. The third-order valence-electron chi connectivity index (χ3n) is 6.71. The van der Waals surface area contributed by atoms with Gasteiger partial charge in [-0.25, -0.2) is 4.79 Å². The second-order valence-corrected chi connectivity index (χ2v) is 9.02. The lowest BCUT2D eigenvalue weighted by atomic mass is 9.81. The largest absolute Gasteiger partial charge is 0.458 e. The van der Waals surface area contributed by atoms with Crippen molar-refractivity contribution in [2.24, 2.45) is 5.92 Å². The van der Waals surface area contributed by atoms with Gasteiger partial charge in [0, 0.05) is 12.5 Å². The van der Waals surface area contributed by atoms with Crippen LogP contribution in [0.25, 0.3) is 0 Å². The first-order chi connectivity index (χ1) is 13.0. The van der Waals surface area contributed by atoms with Crippen LogP contribution in [0.1, 0.15) is 65.7 Å². The van der Waals surface area contributed by atoms with Crippen LogP contribution in [-0.2, 0) is 23.8 Å². The van der Waals surface area contributed by atoms with Crippen LogP contribution in [-0.4, -0.2) is 46.6 Å². The molecule has 0 aromatic carbocycles. The molecule has 1 N–H and O–H groups in total. The van der Waals surface area contributed by atoms with Gasteiger partial charge in [0.25, 0.3) is 0 Å². The maximum absolute atomic E-state index is 12.7. The van der Waals surface area contributed by atoms with Crippen molar-refractivity contribution in [1.29, 1.82) is 0 Å². The molecule has 3 aliphatic heterocycles. The summed E-state index contributed by atoms with van der Waals surface area (Å²) in [6.45, 7) is 13.2. The molecule has 3 rings (SSSR count). The second-order valence-electron chi connectivity index (χ2n) is 9.02. The molecule has 3 aliphatic rings. The quantitative estimate of drug-likeness (QED) is 0.419. The standard InChI is InChI=1S/C22H32O6/c1-13-16-6-11-22(5,28-20(13)25)19(26-15(3)23)8-10-21(4)9-7-18(27-21)14(2)17(24)12-16/h16-19,24H,1-2,6-12H2,3-5H3. The summed E-state index contributed by atoms with van der Waals surface area (Å²) in [5, 5.41) is 10.7. The summed E-state index contributed by atoms with van der Waals surface area (Å²) in [7, 11) is 0. The average Bonchev–Trinajstić information content (AvgIpc) is 2.97. The van der Waals surface area contributed by atoms with E-state index < -0.39 is 35.3 Å². The number of carbonyl (C=O) groups is 2. The normalized spacial score (nSPS) is 42.1. The SMILES string of the molecule is C=C1C(=O)OC2(C)CCC1CC(O)C(=C)C1CCC(C)(CCC2OC(C)=O)O1. The van der Waals surface area contributed by atoms with E-state index in [-0.39, 0.29) is 12.0 Å². The lowest BCUT2D eigenvalue weighted by Gasteiger charge is -2.37. The molecule has 6 atom stereocenters. The van der Waals surface area contributed by atoms with E-state index in [0.717, 1.165) is 12.8 Å². The molecule has 156 valence electrons. The number of carbonyl (C=O) groups excluding carboxylic acids is 2. The lowest BCUT2D eigenvalue weighted by molar-refractivity contribution is -0.182. The molecule has 6 nitrogen and oxygen atoms in total. The minimum absolute atomic E-state index is 0.205. The van der Waals surface area contributed by atoms with E-state index in [2.05, 4.69) is 13.2 Å². The fourth-order valence-corrected chi connectivity index (χ4v) is 4.72. The predicted molar refractivity (Wildman–Crippen MR) is 103 cm³/mol. The Morgan fingerprint density at radius 1 is 1.18 bits per heavy atom. The molecule has 0 radical (unpaired) electrons. The minimum Gasteiger partial charge on any atom is -0.458 e. The number of rotatable bonds is 1. The Hall–Kier alpha value is -1.66. The monoisotopic (exact) mass is 392 g/mol.